The smallest absolute Gasteiger partial charge is 0.307 e. The van der Waals surface area contributed by atoms with Gasteiger partial charge in [-0.15, -0.1) is 0 Å². The molecule has 1 aromatic carbocycles. The Kier molecular flexibility index (Phi) is 4.70. The molecule has 25 heavy (non-hydrogen) atoms. The van der Waals surface area contributed by atoms with Gasteiger partial charge in [-0.3, -0.25) is 14.7 Å². The van der Waals surface area contributed by atoms with Crippen LogP contribution in [0.1, 0.15) is 40.8 Å². The van der Waals surface area contributed by atoms with Gasteiger partial charge in [-0.05, 0) is 84.2 Å². The van der Waals surface area contributed by atoms with Gasteiger partial charge in [-0.25, -0.2) is 4.79 Å². The van der Waals surface area contributed by atoms with E-state index in [0.717, 1.165) is 37.1 Å². The number of aryl methyl sites for hydroxylation is 2. The molecule has 2 amide bonds. The van der Waals surface area contributed by atoms with E-state index in [4.69, 9.17) is 0 Å². The van der Waals surface area contributed by atoms with Crippen LogP contribution in [-0.2, 0) is 25.7 Å². The summed E-state index contributed by atoms with van der Waals surface area (Å²) in [6, 6.07) is 2.19. The van der Waals surface area contributed by atoms with Crippen LogP contribution in [-0.4, -0.2) is 16.0 Å². The van der Waals surface area contributed by atoms with Crippen molar-refractivity contribution >= 4 is 29.7 Å². The molecule has 0 aliphatic heterocycles. The third-order valence-electron chi connectivity index (χ3n) is 4.75. The summed E-state index contributed by atoms with van der Waals surface area (Å²) in [5.74, 6) is 0. The number of urea groups is 1. The minimum absolute atomic E-state index is 0.178. The van der Waals surface area contributed by atoms with Gasteiger partial charge in [0, 0.05) is 18.1 Å². The predicted octanol–water partition coefficient (Wildman–Crippen LogP) is 3.89. The molecule has 1 heterocycles. The predicted molar refractivity (Wildman–Crippen MR) is 101 cm³/mol. The zero-order valence-electron chi connectivity index (χ0n) is 13.9. The number of amides is 2. The van der Waals surface area contributed by atoms with Crippen molar-refractivity contribution in [3.8, 4) is 0 Å². The number of hydrogen-bond donors (Lipinski definition) is 2. The number of aromatic nitrogens is 2. The van der Waals surface area contributed by atoms with E-state index in [2.05, 4.69) is 26.1 Å². The van der Waals surface area contributed by atoms with Crippen molar-refractivity contribution in [3.05, 3.63) is 58.0 Å². The molecule has 0 spiro atoms. The molecule has 0 saturated carbocycles. The van der Waals surface area contributed by atoms with E-state index in [1.54, 1.807) is 24.0 Å². The van der Waals surface area contributed by atoms with Crippen LogP contribution in [0.15, 0.2) is 30.1 Å². The van der Waals surface area contributed by atoms with E-state index in [1.807, 2.05) is 6.08 Å². The molecule has 2 N–H and O–H groups in total. The Hall–Kier alpha value is -2.34. The van der Waals surface area contributed by atoms with Crippen molar-refractivity contribution in [3.63, 3.8) is 0 Å². The maximum atomic E-state index is 12.3. The first-order valence-electron chi connectivity index (χ1n) is 8.63. The highest BCUT2D eigenvalue weighted by molar-refractivity contribution is 8.00. The number of rotatable bonds is 4. The van der Waals surface area contributed by atoms with Crippen LogP contribution in [0.25, 0.3) is 6.08 Å². The van der Waals surface area contributed by atoms with E-state index in [-0.39, 0.29) is 6.03 Å². The number of carbonyl (C=O) groups is 1. The largest absolute Gasteiger partial charge is 0.329 e. The Morgan fingerprint density at radius 2 is 1.84 bits per heavy atom. The van der Waals surface area contributed by atoms with Crippen molar-refractivity contribution in [2.75, 3.05) is 5.32 Å². The fourth-order valence-electron chi connectivity index (χ4n) is 3.69. The van der Waals surface area contributed by atoms with Gasteiger partial charge in [-0.1, -0.05) is 6.07 Å². The summed E-state index contributed by atoms with van der Waals surface area (Å²) >= 11 is 1.23. The number of anilines is 1. The molecule has 1 aromatic heterocycles. The van der Waals surface area contributed by atoms with E-state index in [1.165, 1.54) is 47.0 Å². The first kappa shape index (κ1) is 16.1. The zero-order chi connectivity index (χ0) is 17.1. The lowest BCUT2D eigenvalue weighted by Gasteiger charge is -2.16. The van der Waals surface area contributed by atoms with Crippen LogP contribution in [0, 0.1) is 0 Å². The maximum Gasteiger partial charge on any atom is 0.329 e. The van der Waals surface area contributed by atoms with E-state index >= 15 is 0 Å². The van der Waals surface area contributed by atoms with Gasteiger partial charge in [0.2, 0.25) is 0 Å². The molecular weight excluding hydrogens is 332 g/mol. The van der Waals surface area contributed by atoms with Crippen LogP contribution < -0.4 is 10.0 Å². The summed E-state index contributed by atoms with van der Waals surface area (Å²) < 4.78 is 2.82. The molecule has 0 unspecified atom stereocenters. The zero-order valence-corrected chi connectivity index (χ0v) is 14.7. The Bertz CT molecular complexity index is 788. The summed E-state index contributed by atoms with van der Waals surface area (Å²) in [6.45, 7) is 0. The van der Waals surface area contributed by atoms with Crippen molar-refractivity contribution in [1.82, 2.24) is 14.7 Å². The summed E-state index contributed by atoms with van der Waals surface area (Å²) in [5.41, 5.74) is 7.36. The lowest BCUT2D eigenvalue weighted by atomic mass is 9.99. The fourth-order valence-corrected chi connectivity index (χ4v) is 4.13. The van der Waals surface area contributed by atoms with Crippen LogP contribution >= 0.6 is 11.9 Å². The highest BCUT2D eigenvalue weighted by atomic mass is 32.2. The third-order valence-corrected chi connectivity index (χ3v) is 5.33. The van der Waals surface area contributed by atoms with Gasteiger partial charge in [0.1, 0.15) is 0 Å². The summed E-state index contributed by atoms with van der Waals surface area (Å²) in [7, 11) is 0. The van der Waals surface area contributed by atoms with Gasteiger partial charge < -0.3 is 5.32 Å². The average molecular weight is 352 g/mol. The number of nitrogens with zero attached hydrogens (tertiary/aromatic N) is 2. The normalized spacial score (nSPS) is 15.2. The number of nitrogens with one attached hydrogen (secondary N) is 2. The average Bonchev–Trinajstić information content (AvgIpc) is 3.28. The molecule has 0 bridgehead atoms. The molecule has 0 saturated heterocycles. The molecule has 0 radical (unpaired) electrons. The second kappa shape index (κ2) is 7.27. The molecule has 2 aliphatic rings. The first-order chi connectivity index (χ1) is 12.3. The van der Waals surface area contributed by atoms with Crippen molar-refractivity contribution in [1.29, 1.82) is 0 Å². The monoisotopic (exact) mass is 352 g/mol. The molecule has 4 rings (SSSR count). The maximum absolute atomic E-state index is 12.3. The minimum Gasteiger partial charge on any atom is -0.307 e. The van der Waals surface area contributed by atoms with E-state index < -0.39 is 0 Å². The van der Waals surface area contributed by atoms with Gasteiger partial charge in [-0.2, -0.15) is 0 Å². The molecule has 0 fully saturated rings. The van der Waals surface area contributed by atoms with Crippen LogP contribution in [0.4, 0.5) is 10.5 Å². The number of fused-ring (bicyclic) bond motifs is 2. The highest BCUT2D eigenvalue weighted by Crippen LogP contribution is 2.38. The number of hydrogen-bond acceptors (Lipinski definition) is 4. The van der Waals surface area contributed by atoms with E-state index in [0.29, 0.717) is 0 Å². The van der Waals surface area contributed by atoms with Gasteiger partial charge in [0.15, 0.2) is 0 Å². The molecule has 6 heteroatoms. The Labute approximate surface area is 151 Å². The van der Waals surface area contributed by atoms with Crippen molar-refractivity contribution in [2.24, 2.45) is 0 Å². The fraction of sp³-hybridized carbons (Fsp3) is 0.316. The first-order valence-corrected chi connectivity index (χ1v) is 9.51. The summed E-state index contributed by atoms with van der Waals surface area (Å²) in [6.07, 6.45) is 13.5. The summed E-state index contributed by atoms with van der Waals surface area (Å²) in [5, 5.41) is 4.90. The quantitative estimate of drug-likeness (QED) is 0.819. The lowest BCUT2D eigenvalue weighted by molar-refractivity contribution is 0.257. The molecule has 128 valence electrons. The van der Waals surface area contributed by atoms with E-state index in [9.17, 15) is 4.79 Å². The van der Waals surface area contributed by atoms with Crippen LogP contribution in [0.2, 0.25) is 0 Å². The van der Waals surface area contributed by atoms with Crippen molar-refractivity contribution < 1.29 is 4.79 Å². The highest BCUT2D eigenvalue weighted by Gasteiger charge is 2.24. The topological polar surface area (TPSA) is 66.9 Å². The van der Waals surface area contributed by atoms with Crippen LogP contribution in [0.5, 0.6) is 0 Å². The van der Waals surface area contributed by atoms with Crippen molar-refractivity contribution in [2.45, 2.75) is 38.5 Å². The Morgan fingerprint density at radius 1 is 1.08 bits per heavy atom. The Balaban J connectivity index is 1.41. The summed E-state index contributed by atoms with van der Waals surface area (Å²) in [4.78, 5) is 20.5. The lowest BCUT2D eigenvalue weighted by Crippen LogP contribution is -2.23. The molecule has 0 atom stereocenters. The second-order valence-electron chi connectivity index (χ2n) is 6.34. The molecule has 2 aromatic rings. The standard InChI is InChI=1S/C19H20N4OS/c24-19(23-25-10-7-15-12-20-8-9-21-15)22-18-16-5-1-3-13(16)11-14-4-2-6-17(14)18/h7-12H,1-6H2,(H2,22,23,24)/b10-7+. The molecule has 5 nitrogen and oxygen atoms in total. The minimum atomic E-state index is -0.178. The third kappa shape index (κ3) is 3.54. The number of benzene rings is 1. The molecular formula is C19H20N4OS. The van der Waals surface area contributed by atoms with Gasteiger partial charge >= 0.3 is 6.03 Å². The number of carbonyl (C=O) groups excluding carboxylic acids is 1. The van der Waals surface area contributed by atoms with Gasteiger partial charge in [0.25, 0.3) is 0 Å². The SMILES string of the molecule is O=C(NS/C=C/c1cnccn1)Nc1c2c(cc3c1CCC3)CCC2. The molecule has 2 aliphatic carbocycles. The Morgan fingerprint density at radius 3 is 2.52 bits per heavy atom. The van der Waals surface area contributed by atoms with Crippen LogP contribution in [0.3, 0.4) is 0 Å². The second-order valence-corrected chi connectivity index (χ2v) is 7.05. The van der Waals surface area contributed by atoms with Gasteiger partial charge in [0.05, 0.1) is 11.9 Å².